The summed E-state index contributed by atoms with van der Waals surface area (Å²) in [7, 11) is 0. The van der Waals surface area contributed by atoms with Crippen LogP contribution in [0.15, 0.2) is 24.3 Å². The highest BCUT2D eigenvalue weighted by molar-refractivity contribution is 5.28. The fourth-order valence-corrected chi connectivity index (χ4v) is 1.58. The normalized spacial score (nSPS) is 13.9. The van der Waals surface area contributed by atoms with Crippen molar-refractivity contribution in [2.75, 3.05) is 0 Å². The SMILES string of the molecule is CC[C@H](O)Cc1cccc(C(C)(C)C)c1. The van der Waals surface area contributed by atoms with E-state index in [-0.39, 0.29) is 11.5 Å². The summed E-state index contributed by atoms with van der Waals surface area (Å²) < 4.78 is 0. The van der Waals surface area contributed by atoms with Crippen LogP contribution in [0, 0.1) is 0 Å². The molecule has 1 aromatic carbocycles. The second-order valence-corrected chi connectivity index (χ2v) is 5.22. The average molecular weight is 206 g/mol. The summed E-state index contributed by atoms with van der Waals surface area (Å²) in [5.74, 6) is 0. The molecule has 0 saturated carbocycles. The summed E-state index contributed by atoms with van der Waals surface area (Å²) in [4.78, 5) is 0. The molecule has 0 bridgehead atoms. The molecule has 0 aliphatic rings. The molecule has 0 aromatic heterocycles. The van der Waals surface area contributed by atoms with E-state index in [1.54, 1.807) is 0 Å². The molecule has 0 heterocycles. The zero-order chi connectivity index (χ0) is 11.5. The lowest BCUT2D eigenvalue weighted by molar-refractivity contribution is 0.171. The van der Waals surface area contributed by atoms with E-state index in [0.717, 1.165) is 12.8 Å². The maximum absolute atomic E-state index is 9.61. The van der Waals surface area contributed by atoms with Crippen molar-refractivity contribution in [3.63, 3.8) is 0 Å². The lowest BCUT2D eigenvalue weighted by Gasteiger charge is -2.20. The van der Waals surface area contributed by atoms with E-state index in [0.29, 0.717) is 0 Å². The second kappa shape index (κ2) is 4.80. The van der Waals surface area contributed by atoms with E-state index < -0.39 is 0 Å². The van der Waals surface area contributed by atoms with Gasteiger partial charge in [-0.15, -0.1) is 0 Å². The molecule has 84 valence electrons. The number of rotatable bonds is 3. The summed E-state index contributed by atoms with van der Waals surface area (Å²) in [5, 5.41) is 9.61. The second-order valence-electron chi connectivity index (χ2n) is 5.22. The first kappa shape index (κ1) is 12.3. The Hall–Kier alpha value is -0.820. The van der Waals surface area contributed by atoms with E-state index in [4.69, 9.17) is 0 Å². The van der Waals surface area contributed by atoms with Gasteiger partial charge in [-0.1, -0.05) is 52.0 Å². The summed E-state index contributed by atoms with van der Waals surface area (Å²) in [6, 6.07) is 8.53. The summed E-state index contributed by atoms with van der Waals surface area (Å²) in [6.07, 6.45) is 1.38. The van der Waals surface area contributed by atoms with Crippen LogP contribution in [0.4, 0.5) is 0 Å². The molecule has 1 atom stereocenters. The van der Waals surface area contributed by atoms with Crippen molar-refractivity contribution < 1.29 is 5.11 Å². The minimum absolute atomic E-state index is 0.188. The van der Waals surface area contributed by atoms with E-state index in [1.165, 1.54) is 11.1 Å². The Labute approximate surface area is 93.1 Å². The van der Waals surface area contributed by atoms with Gasteiger partial charge in [0.05, 0.1) is 6.10 Å². The van der Waals surface area contributed by atoms with Gasteiger partial charge in [0.2, 0.25) is 0 Å². The number of hydrogen-bond donors (Lipinski definition) is 1. The van der Waals surface area contributed by atoms with Crippen molar-refractivity contribution >= 4 is 0 Å². The molecule has 1 aromatic rings. The predicted octanol–water partition coefficient (Wildman–Crippen LogP) is 3.30. The predicted molar refractivity (Wildman–Crippen MR) is 65.1 cm³/mol. The van der Waals surface area contributed by atoms with Crippen LogP contribution in [0.2, 0.25) is 0 Å². The van der Waals surface area contributed by atoms with E-state index in [1.807, 2.05) is 6.92 Å². The molecular formula is C14H22O. The Balaban J connectivity index is 2.84. The van der Waals surface area contributed by atoms with Crippen LogP contribution in [-0.2, 0) is 11.8 Å². The van der Waals surface area contributed by atoms with Crippen molar-refractivity contribution in [3.05, 3.63) is 35.4 Å². The van der Waals surface area contributed by atoms with E-state index >= 15 is 0 Å². The quantitative estimate of drug-likeness (QED) is 0.804. The first-order chi connectivity index (χ1) is 6.93. The zero-order valence-corrected chi connectivity index (χ0v) is 10.2. The lowest BCUT2D eigenvalue weighted by Crippen LogP contribution is -2.13. The number of aliphatic hydroxyl groups excluding tert-OH is 1. The zero-order valence-electron chi connectivity index (χ0n) is 10.2. The maximum Gasteiger partial charge on any atom is 0.0577 e. The summed E-state index contributed by atoms with van der Waals surface area (Å²) in [6.45, 7) is 8.64. The van der Waals surface area contributed by atoms with Crippen LogP contribution >= 0.6 is 0 Å². The minimum atomic E-state index is -0.208. The van der Waals surface area contributed by atoms with E-state index in [2.05, 4.69) is 45.0 Å². The maximum atomic E-state index is 9.61. The summed E-state index contributed by atoms with van der Waals surface area (Å²) in [5.41, 5.74) is 2.76. The van der Waals surface area contributed by atoms with Gasteiger partial charge in [0.1, 0.15) is 0 Å². The fourth-order valence-electron chi connectivity index (χ4n) is 1.58. The standard InChI is InChI=1S/C14H22O/c1-5-13(15)10-11-7-6-8-12(9-11)14(2,3)4/h6-9,13,15H,5,10H2,1-4H3/t13-/m0/s1. The van der Waals surface area contributed by atoms with E-state index in [9.17, 15) is 5.11 Å². The third-order valence-electron chi connectivity index (χ3n) is 2.74. The Morgan fingerprint density at radius 3 is 2.47 bits per heavy atom. The molecule has 1 heteroatoms. The first-order valence-corrected chi connectivity index (χ1v) is 5.71. The molecule has 0 aliphatic carbocycles. The van der Waals surface area contributed by atoms with Gasteiger partial charge in [-0.05, 0) is 29.4 Å². The van der Waals surface area contributed by atoms with Gasteiger partial charge in [0, 0.05) is 0 Å². The highest BCUT2D eigenvalue weighted by atomic mass is 16.3. The highest BCUT2D eigenvalue weighted by Gasteiger charge is 2.14. The Morgan fingerprint density at radius 1 is 1.27 bits per heavy atom. The first-order valence-electron chi connectivity index (χ1n) is 5.71. The van der Waals surface area contributed by atoms with Gasteiger partial charge < -0.3 is 5.11 Å². The largest absolute Gasteiger partial charge is 0.393 e. The van der Waals surface area contributed by atoms with Gasteiger partial charge in [-0.3, -0.25) is 0 Å². The van der Waals surface area contributed by atoms with Gasteiger partial charge in [-0.2, -0.15) is 0 Å². The van der Waals surface area contributed by atoms with Crippen LogP contribution < -0.4 is 0 Å². The number of aliphatic hydroxyl groups is 1. The van der Waals surface area contributed by atoms with Crippen molar-refractivity contribution in [1.29, 1.82) is 0 Å². The third kappa shape index (κ3) is 3.67. The van der Waals surface area contributed by atoms with Gasteiger partial charge in [0.15, 0.2) is 0 Å². The van der Waals surface area contributed by atoms with Crippen molar-refractivity contribution in [3.8, 4) is 0 Å². The van der Waals surface area contributed by atoms with Crippen LogP contribution in [-0.4, -0.2) is 11.2 Å². The molecule has 0 fully saturated rings. The topological polar surface area (TPSA) is 20.2 Å². The molecule has 0 spiro atoms. The minimum Gasteiger partial charge on any atom is -0.393 e. The van der Waals surface area contributed by atoms with Crippen molar-refractivity contribution in [2.45, 2.75) is 52.1 Å². The molecule has 1 N–H and O–H groups in total. The molecule has 0 radical (unpaired) electrons. The Morgan fingerprint density at radius 2 is 1.93 bits per heavy atom. The number of hydrogen-bond acceptors (Lipinski definition) is 1. The smallest absolute Gasteiger partial charge is 0.0577 e. The third-order valence-corrected chi connectivity index (χ3v) is 2.74. The van der Waals surface area contributed by atoms with Crippen LogP contribution in [0.5, 0.6) is 0 Å². The Bertz CT molecular complexity index is 309. The molecule has 0 aliphatic heterocycles. The van der Waals surface area contributed by atoms with Gasteiger partial charge in [-0.25, -0.2) is 0 Å². The Kier molecular flexibility index (Phi) is 3.92. The van der Waals surface area contributed by atoms with Crippen LogP contribution in [0.1, 0.15) is 45.2 Å². The molecule has 0 unspecified atom stereocenters. The monoisotopic (exact) mass is 206 g/mol. The van der Waals surface area contributed by atoms with Crippen LogP contribution in [0.3, 0.4) is 0 Å². The van der Waals surface area contributed by atoms with Crippen LogP contribution in [0.25, 0.3) is 0 Å². The molecule has 0 saturated heterocycles. The molecule has 0 amide bonds. The fraction of sp³-hybridized carbons (Fsp3) is 0.571. The van der Waals surface area contributed by atoms with Crippen molar-refractivity contribution in [1.82, 2.24) is 0 Å². The average Bonchev–Trinajstić information content (AvgIpc) is 2.17. The molecule has 1 nitrogen and oxygen atoms in total. The van der Waals surface area contributed by atoms with Crippen molar-refractivity contribution in [2.24, 2.45) is 0 Å². The number of benzene rings is 1. The highest BCUT2D eigenvalue weighted by Crippen LogP contribution is 2.23. The molecular weight excluding hydrogens is 184 g/mol. The van der Waals surface area contributed by atoms with Gasteiger partial charge in [0.25, 0.3) is 0 Å². The summed E-state index contributed by atoms with van der Waals surface area (Å²) >= 11 is 0. The molecule has 1 rings (SSSR count). The lowest BCUT2D eigenvalue weighted by atomic mass is 9.85. The molecule has 15 heavy (non-hydrogen) atoms. The van der Waals surface area contributed by atoms with Gasteiger partial charge >= 0.3 is 0 Å².